The molecule has 0 spiro atoms. The van der Waals surface area contributed by atoms with E-state index in [-0.39, 0.29) is 6.04 Å². The van der Waals surface area contributed by atoms with E-state index in [2.05, 4.69) is 15.3 Å². The molecule has 1 aromatic carbocycles. The highest BCUT2D eigenvalue weighted by molar-refractivity contribution is 7.16. The van der Waals surface area contributed by atoms with Crippen molar-refractivity contribution in [1.29, 1.82) is 0 Å². The number of nitrogens with zero attached hydrogens (tertiary/aromatic N) is 3. The van der Waals surface area contributed by atoms with Gasteiger partial charge in [0.2, 0.25) is 0 Å². The SMILES string of the molecule is CCc1cc(NC(=O)C(=O)N2CCCC[C@H]2c2ccc3scnc3c2)cnc1N. The van der Waals surface area contributed by atoms with E-state index >= 15 is 0 Å². The van der Waals surface area contributed by atoms with Gasteiger partial charge in [-0.3, -0.25) is 9.59 Å². The Morgan fingerprint density at radius 3 is 2.97 bits per heavy atom. The van der Waals surface area contributed by atoms with E-state index in [0.717, 1.165) is 40.6 Å². The second kappa shape index (κ2) is 8.16. The average molecular weight is 410 g/mol. The van der Waals surface area contributed by atoms with Crippen molar-refractivity contribution in [2.75, 3.05) is 17.6 Å². The molecule has 29 heavy (non-hydrogen) atoms. The van der Waals surface area contributed by atoms with Crippen molar-refractivity contribution in [1.82, 2.24) is 14.9 Å². The predicted molar refractivity (Wildman–Crippen MR) is 115 cm³/mol. The number of likely N-dealkylation sites (tertiary alicyclic amines) is 1. The van der Waals surface area contributed by atoms with Gasteiger partial charge in [-0.05, 0) is 55.0 Å². The summed E-state index contributed by atoms with van der Waals surface area (Å²) in [7, 11) is 0. The summed E-state index contributed by atoms with van der Waals surface area (Å²) in [6.45, 7) is 2.52. The number of piperidine rings is 1. The predicted octanol–water partition coefficient (Wildman–Crippen LogP) is 3.53. The first kappa shape index (κ1) is 19.3. The van der Waals surface area contributed by atoms with E-state index in [1.54, 1.807) is 22.3 Å². The quantitative estimate of drug-likeness (QED) is 0.645. The molecule has 2 aromatic heterocycles. The number of thiazole rings is 1. The van der Waals surface area contributed by atoms with E-state index in [1.807, 2.05) is 30.6 Å². The fourth-order valence-corrected chi connectivity index (χ4v) is 4.45. The van der Waals surface area contributed by atoms with Crippen molar-refractivity contribution in [2.24, 2.45) is 0 Å². The monoisotopic (exact) mass is 409 g/mol. The zero-order chi connectivity index (χ0) is 20.4. The van der Waals surface area contributed by atoms with Gasteiger partial charge in [0, 0.05) is 6.54 Å². The van der Waals surface area contributed by atoms with E-state index in [9.17, 15) is 9.59 Å². The summed E-state index contributed by atoms with van der Waals surface area (Å²) >= 11 is 1.59. The van der Waals surface area contributed by atoms with Crippen molar-refractivity contribution in [3.63, 3.8) is 0 Å². The summed E-state index contributed by atoms with van der Waals surface area (Å²) in [5.74, 6) is -0.742. The molecule has 4 rings (SSSR count). The number of nitrogens with one attached hydrogen (secondary N) is 1. The van der Waals surface area contributed by atoms with Gasteiger partial charge in [-0.1, -0.05) is 13.0 Å². The molecule has 3 aromatic rings. The van der Waals surface area contributed by atoms with Gasteiger partial charge in [-0.25, -0.2) is 9.97 Å². The second-order valence-electron chi connectivity index (χ2n) is 7.17. The van der Waals surface area contributed by atoms with Crippen LogP contribution < -0.4 is 11.1 Å². The molecule has 0 unspecified atom stereocenters. The summed E-state index contributed by atoms with van der Waals surface area (Å²) in [5.41, 5.74) is 10.9. The van der Waals surface area contributed by atoms with E-state index in [4.69, 9.17) is 5.73 Å². The van der Waals surface area contributed by atoms with Crippen LogP contribution in [0.2, 0.25) is 0 Å². The third kappa shape index (κ3) is 3.93. The van der Waals surface area contributed by atoms with Crippen LogP contribution >= 0.6 is 11.3 Å². The van der Waals surface area contributed by atoms with E-state index in [0.29, 0.717) is 24.5 Å². The number of aryl methyl sites for hydroxylation is 1. The maximum atomic E-state index is 13.0. The fraction of sp³-hybridized carbons (Fsp3) is 0.333. The summed E-state index contributed by atoms with van der Waals surface area (Å²) < 4.78 is 1.11. The Morgan fingerprint density at radius 1 is 1.28 bits per heavy atom. The van der Waals surface area contributed by atoms with Gasteiger partial charge in [-0.2, -0.15) is 0 Å². The number of carbonyl (C=O) groups excluding carboxylic acids is 2. The molecule has 3 N–H and O–H groups in total. The molecule has 1 aliphatic heterocycles. The molecule has 1 atom stereocenters. The number of nitrogens with two attached hydrogens (primary N) is 1. The molecule has 1 aliphatic rings. The van der Waals surface area contributed by atoms with Crippen molar-refractivity contribution >= 4 is 44.9 Å². The van der Waals surface area contributed by atoms with Gasteiger partial charge in [0.25, 0.3) is 0 Å². The lowest BCUT2D eigenvalue weighted by Gasteiger charge is -2.35. The number of benzene rings is 1. The Kier molecular flexibility index (Phi) is 5.44. The highest BCUT2D eigenvalue weighted by Gasteiger charge is 2.32. The van der Waals surface area contributed by atoms with Crippen LogP contribution in [0.25, 0.3) is 10.2 Å². The van der Waals surface area contributed by atoms with Crippen LogP contribution in [0.4, 0.5) is 11.5 Å². The Bertz CT molecular complexity index is 1060. The summed E-state index contributed by atoms with van der Waals surface area (Å²) in [5, 5.41) is 2.68. The lowest BCUT2D eigenvalue weighted by molar-refractivity contribution is -0.145. The molecular weight excluding hydrogens is 386 g/mol. The third-order valence-electron chi connectivity index (χ3n) is 5.34. The number of pyridine rings is 1. The van der Waals surface area contributed by atoms with E-state index < -0.39 is 11.8 Å². The third-order valence-corrected chi connectivity index (χ3v) is 6.15. The molecule has 150 valence electrons. The maximum absolute atomic E-state index is 13.0. The molecule has 0 saturated carbocycles. The largest absolute Gasteiger partial charge is 0.383 e. The van der Waals surface area contributed by atoms with Gasteiger partial charge < -0.3 is 16.0 Å². The van der Waals surface area contributed by atoms with Gasteiger partial charge in [-0.15, -0.1) is 11.3 Å². The zero-order valence-electron chi connectivity index (χ0n) is 16.2. The molecule has 0 bridgehead atoms. The van der Waals surface area contributed by atoms with Crippen molar-refractivity contribution in [2.45, 2.75) is 38.6 Å². The average Bonchev–Trinajstić information content (AvgIpc) is 3.22. The number of rotatable bonds is 3. The first-order chi connectivity index (χ1) is 14.1. The van der Waals surface area contributed by atoms with Crippen molar-refractivity contribution in [3.05, 3.63) is 47.1 Å². The van der Waals surface area contributed by atoms with Crippen LogP contribution in [0, 0.1) is 0 Å². The molecule has 2 amide bonds. The Balaban J connectivity index is 1.54. The van der Waals surface area contributed by atoms with Crippen LogP contribution in [0.15, 0.2) is 36.0 Å². The first-order valence-corrected chi connectivity index (χ1v) is 10.6. The number of nitrogen functional groups attached to an aromatic ring is 1. The second-order valence-corrected chi connectivity index (χ2v) is 8.05. The van der Waals surface area contributed by atoms with Crippen LogP contribution in [0.5, 0.6) is 0 Å². The van der Waals surface area contributed by atoms with Gasteiger partial charge in [0.1, 0.15) is 5.82 Å². The molecule has 1 saturated heterocycles. The van der Waals surface area contributed by atoms with Gasteiger partial charge in [0.05, 0.1) is 33.7 Å². The molecule has 8 heteroatoms. The molecule has 1 fully saturated rings. The van der Waals surface area contributed by atoms with Crippen molar-refractivity contribution < 1.29 is 9.59 Å². The molecule has 0 aliphatic carbocycles. The lowest BCUT2D eigenvalue weighted by Crippen LogP contribution is -2.44. The maximum Gasteiger partial charge on any atom is 0.313 e. The number of hydrogen-bond donors (Lipinski definition) is 2. The smallest absolute Gasteiger partial charge is 0.313 e. The van der Waals surface area contributed by atoms with Gasteiger partial charge in [0.15, 0.2) is 0 Å². The number of anilines is 2. The lowest BCUT2D eigenvalue weighted by atomic mass is 9.95. The van der Waals surface area contributed by atoms with E-state index in [1.165, 1.54) is 6.20 Å². The molecular formula is C21H23N5O2S. The van der Waals surface area contributed by atoms with Crippen LogP contribution in [-0.2, 0) is 16.0 Å². The summed E-state index contributed by atoms with van der Waals surface area (Å²) in [6, 6.07) is 7.73. The first-order valence-electron chi connectivity index (χ1n) is 9.76. The molecule has 0 radical (unpaired) electrons. The minimum atomic E-state index is -0.653. The van der Waals surface area contributed by atoms with Crippen LogP contribution in [0.1, 0.15) is 43.4 Å². The zero-order valence-corrected chi connectivity index (χ0v) is 17.0. The number of hydrogen-bond acceptors (Lipinski definition) is 6. The molecule has 7 nitrogen and oxygen atoms in total. The number of amides is 2. The van der Waals surface area contributed by atoms with Crippen molar-refractivity contribution in [3.8, 4) is 0 Å². The Morgan fingerprint density at radius 2 is 2.14 bits per heavy atom. The minimum absolute atomic E-state index is 0.121. The van der Waals surface area contributed by atoms with Crippen LogP contribution in [-0.4, -0.2) is 33.2 Å². The number of aromatic nitrogens is 2. The fourth-order valence-electron chi connectivity index (χ4n) is 3.79. The number of carbonyl (C=O) groups is 2. The summed E-state index contributed by atoms with van der Waals surface area (Å²) in [4.78, 5) is 35.8. The Hall–Kier alpha value is -3.00. The van der Waals surface area contributed by atoms with Gasteiger partial charge >= 0.3 is 11.8 Å². The highest BCUT2D eigenvalue weighted by atomic mass is 32.1. The molecule has 3 heterocycles. The number of fused-ring (bicyclic) bond motifs is 1. The topological polar surface area (TPSA) is 101 Å². The van der Waals surface area contributed by atoms with Crippen LogP contribution in [0.3, 0.4) is 0 Å². The normalized spacial score (nSPS) is 16.7. The standard InChI is InChI=1S/C21H23N5O2S/c1-2-13-9-15(11-23-19(13)22)25-20(27)21(28)26-8-4-3-5-17(26)14-6-7-18-16(10-14)24-12-29-18/h6-7,9-12,17H,2-5,8H2,1H3,(H2,22,23)(H,25,27)/t17-/m0/s1. The Labute approximate surface area is 173 Å². The summed E-state index contributed by atoms with van der Waals surface area (Å²) in [6.07, 6.45) is 4.91. The minimum Gasteiger partial charge on any atom is -0.383 e. The highest BCUT2D eigenvalue weighted by Crippen LogP contribution is 2.33.